The molecule has 2 unspecified atom stereocenters. The van der Waals surface area contributed by atoms with Crippen LogP contribution in [0.4, 0.5) is 4.39 Å². The van der Waals surface area contributed by atoms with Crippen molar-refractivity contribution < 1.29 is 9.18 Å². The van der Waals surface area contributed by atoms with Crippen LogP contribution < -0.4 is 16.2 Å². The molecule has 0 aliphatic carbocycles. The molecule has 3 N–H and O–H groups in total. The van der Waals surface area contributed by atoms with Crippen LogP contribution in [0.15, 0.2) is 42.5 Å². The lowest BCUT2D eigenvalue weighted by Gasteiger charge is -2.19. The normalized spacial score (nSPS) is 20.4. The predicted octanol–water partition coefficient (Wildman–Crippen LogP) is 1.72. The minimum Gasteiger partial charge on any atom is -0.350 e. The fourth-order valence-electron chi connectivity index (χ4n) is 2.74. The molecule has 23 heavy (non-hydrogen) atoms. The van der Waals surface area contributed by atoms with E-state index in [1.54, 1.807) is 18.2 Å². The smallest absolute Gasteiger partial charge is 0.269 e. The Balaban J connectivity index is 1.63. The summed E-state index contributed by atoms with van der Waals surface area (Å²) in [4.78, 5) is 16.4. The number of benzene rings is 1. The third kappa shape index (κ3) is 3.72. The molecule has 0 spiro atoms. The molecule has 1 aromatic carbocycles. The van der Waals surface area contributed by atoms with E-state index in [-0.39, 0.29) is 23.7 Å². The molecule has 1 fully saturated rings. The zero-order chi connectivity index (χ0) is 16.2. The Hall–Kier alpha value is -2.31. The first-order valence-corrected chi connectivity index (χ1v) is 7.59. The Kier molecular flexibility index (Phi) is 4.64. The van der Waals surface area contributed by atoms with E-state index < -0.39 is 0 Å². The molecule has 6 heteroatoms. The van der Waals surface area contributed by atoms with Crippen molar-refractivity contribution in [3.05, 3.63) is 65.2 Å². The third-order valence-electron chi connectivity index (χ3n) is 3.97. The second kappa shape index (κ2) is 6.85. The number of rotatable bonds is 4. The highest BCUT2D eigenvalue weighted by atomic mass is 19.1. The van der Waals surface area contributed by atoms with Gasteiger partial charge in [0, 0.05) is 24.7 Å². The summed E-state index contributed by atoms with van der Waals surface area (Å²) in [5.74, 6) is -0.261. The van der Waals surface area contributed by atoms with Crippen molar-refractivity contribution >= 4 is 5.91 Å². The first-order chi connectivity index (χ1) is 11.1. The lowest BCUT2D eigenvalue weighted by molar-refractivity contribution is 0.0941. The van der Waals surface area contributed by atoms with Gasteiger partial charge in [-0.25, -0.2) is 14.8 Å². The van der Waals surface area contributed by atoms with Crippen molar-refractivity contribution in [3.8, 4) is 0 Å². The van der Waals surface area contributed by atoms with Gasteiger partial charge < -0.3 is 5.32 Å². The summed E-state index contributed by atoms with van der Waals surface area (Å²) < 4.78 is 13.0. The number of carbonyl (C=O) groups is 1. The first-order valence-electron chi connectivity index (χ1n) is 7.59. The van der Waals surface area contributed by atoms with Gasteiger partial charge in [-0.1, -0.05) is 18.2 Å². The van der Waals surface area contributed by atoms with E-state index in [1.165, 1.54) is 12.1 Å². The Bertz CT molecular complexity index is 689. The number of nitrogens with one attached hydrogen (secondary N) is 3. The van der Waals surface area contributed by atoms with E-state index in [2.05, 4.69) is 21.2 Å². The second-order valence-corrected chi connectivity index (χ2v) is 5.69. The number of nitrogens with zero attached hydrogens (tertiary/aromatic N) is 1. The highest BCUT2D eigenvalue weighted by Crippen LogP contribution is 2.24. The summed E-state index contributed by atoms with van der Waals surface area (Å²) in [6, 6.07) is 11.8. The van der Waals surface area contributed by atoms with Gasteiger partial charge in [0.1, 0.15) is 11.5 Å². The largest absolute Gasteiger partial charge is 0.350 e. The second-order valence-electron chi connectivity index (χ2n) is 5.69. The van der Waals surface area contributed by atoms with Crippen molar-refractivity contribution in [3.63, 3.8) is 0 Å². The third-order valence-corrected chi connectivity index (χ3v) is 3.97. The topological polar surface area (TPSA) is 66.1 Å². The van der Waals surface area contributed by atoms with Gasteiger partial charge in [-0.05, 0) is 36.8 Å². The van der Waals surface area contributed by atoms with E-state index in [9.17, 15) is 9.18 Å². The summed E-state index contributed by atoms with van der Waals surface area (Å²) in [5, 5.41) is 2.92. The Morgan fingerprint density at radius 1 is 1.30 bits per heavy atom. The van der Waals surface area contributed by atoms with E-state index >= 15 is 0 Å². The van der Waals surface area contributed by atoms with Gasteiger partial charge in [0.25, 0.3) is 5.91 Å². The molecule has 2 aromatic rings. The Labute approximate surface area is 134 Å². The number of hydrogen-bond donors (Lipinski definition) is 3. The van der Waals surface area contributed by atoms with Gasteiger partial charge in [0.2, 0.25) is 0 Å². The van der Waals surface area contributed by atoms with Crippen LogP contribution in [0.2, 0.25) is 0 Å². The number of hydrogen-bond acceptors (Lipinski definition) is 4. The van der Waals surface area contributed by atoms with Crippen LogP contribution in [0.25, 0.3) is 0 Å². The summed E-state index contributed by atoms with van der Waals surface area (Å²) in [7, 11) is 0. The molecule has 0 saturated carbocycles. The number of carbonyl (C=O) groups excluding carboxylic acids is 1. The highest BCUT2D eigenvalue weighted by molar-refractivity contribution is 5.92. The van der Waals surface area contributed by atoms with Crippen molar-refractivity contribution in [1.29, 1.82) is 0 Å². The number of pyridine rings is 1. The average Bonchev–Trinajstić information content (AvgIpc) is 3.02. The SMILES string of the molecule is Cc1cccc(C(=O)NCC2CNNC2c2ccc(F)cc2)n1. The maximum atomic E-state index is 13.0. The summed E-state index contributed by atoms with van der Waals surface area (Å²) in [6.45, 7) is 3.09. The van der Waals surface area contributed by atoms with Crippen LogP contribution in [-0.2, 0) is 0 Å². The lowest BCUT2D eigenvalue weighted by atomic mass is 9.95. The molecule has 1 aromatic heterocycles. The fraction of sp³-hybridized carbons (Fsp3) is 0.294. The number of aryl methyl sites for hydroxylation is 1. The molecule has 2 heterocycles. The van der Waals surface area contributed by atoms with Crippen molar-refractivity contribution in [2.45, 2.75) is 13.0 Å². The van der Waals surface area contributed by atoms with Crippen molar-refractivity contribution in [2.24, 2.45) is 5.92 Å². The molecule has 0 bridgehead atoms. The van der Waals surface area contributed by atoms with Gasteiger partial charge in [-0.3, -0.25) is 10.2 Å². The van der Waals surface area contributed by atoms with E-state index in [1.807, 2.05) is 19.1 Å². The number of aromatic nitrogens is 1. The van der Waals surface area contributed by atoms with Crippen LogP contribution in [0, 0.1) is 18.7 Å². The minimum absolute atomic E-state index is 0.0290. The monoisotopic (exact) mass is 314 g/mol. The lowest BCUT2D eigenvalue weighted by Crippen LogP contribution is -2.33. The number of halogens is 1. The molecule has 3 rings (SSSR count). The molecule has 2 atom stereocenters. The van der Waals surface area contributed by atoms with E-state index in [4.69, 9.17) is 0 Å². The fourth-order valence-corrected chi connectivity index (χ4v) is 2.74. The zero-order valence-corrected chi connectivity index (χ0v) is 12.8. The molecule has 1 aliphatic heterocycles. The molecule has 120 valence electrons. The van der Waals surface area contributed by atoms with Crippen LogP contribution in [0.1, 0.15) is 27.8 Å². The van der Waals surface area contributed by atoms with Gasteiger partial charge in [-0.2, -0.15) is 0 Å². The number of hydrazine groups is 1. The van der Waals surface area contributed by atoms with Crippen LogP contribution in [0.5, 0.6) is 0 Å². The van der Waals surface area contributed by atoms with E-state index in [0.29, 0.717) is 12.2 Å². The number of amides is 1. The average molecular weight is 314 g/mol. The van der Waals surface area contributed by atoms with Crippen LogP contribution in [0.3, 0.4) is 0 Å². The summed E-state index contributed by atoms with van der Waals surface area (Å²) in [5.41, 5.74) is 8.49. The maximum Gasteiger partial charge on any atom is 0.269 e. The minimum atomic E-state index is -0.255. The molecular formula is C17H19FN4O. The Morgan fingerprint density at radius 3 is 2.83 bits per heavy atom. The molecule has 1 amide bonds. The molecule has 1 saturated heterocycles. The summed E-state index contributed by atoms with van der Waals surface area (Å²) in [6.07, 6.45) is 0. The van der Waals surface area contributed by atoms with Crippen LogP contribution in [-0.4, -0.2) is 24.0 Å². The first kappa shape index (κ1) is 15.6. The van der Waals surface area contributed by atoms with Crippen molar-refractivity contribution in [2.75, 3.05) is 13.1 Å². The predicted molar refractivity (Wildman–Crippen MR) is 85.1 cm³/mol. The molecule has 5 nitrogen and oxygen atoms in total. The van der Waals surface area contributed by atoms with E-state index in [0.717, 1.165) is 17.8 Å². The summed E-state index contributed by atoms with van der Waals surface area (Å²) >= 11 is 0. The molecular weight excluding hydrogens is 295 g/mol. The van der Waals surface area contributed by atoms with Crippen LogP contribution >= 0.6 is 0 Å². The maximum absolute atomic E-state index is 13.0. The quantitative estimate of drug-likeness (QED) is 0.804. The van der Waals surface area contributed by atoms with Gasteiger partial charge >= 0.3 is 0 Å². The zero-order valence-electron chi connectivity index (χ0n) is 12.8. The highest BCUT2D eigenvalue weighted by Gasteiger charge is 2.28. The van der Waals surface area contributed by atoms with Crippen molar-refractivity contribution in [1.82, 2.24) is 21.2 Å². The molecule has 1 aliphatic rings. The standard InChI is InChI=1S/C17H19FN4O/c1-11-3-2-4-15(21-11)17(23)19-9-13-10-20-22-16(13)12-5-7-14(18)8-6-12/h2-8,13,16,20,22H,9-10H2,1H3,(H,19,23). The van der Waals surface area contributed by atoms with Gasteiger partial charge in [0.15, 0.2) is 0 Å². The molecule has 0 radical (unpaired) electrons. The Morgan fingerprint density at radius 2 is 2.09 bits per heavy atom. The van der Waals surface area contributed by atoms with Gasteiger partial charge in [0.05, 0.1) is 6.04 Å². The van der Waals surface area contributed by atoms with Gasteiger partial charge in [-0.15, -0.1) is 0 Å².